The van der Waals surface area contributed by atoms with E-state index in [1.165, 1.54) is 12.3 Å². The predicted octanol–water partition coefficient (Wildman–Crippen LogP) is 4.70. The molecule has 3 heterocycles. The van der Waals surface area contributed by atoms with E-state index >= 15 is 0 Å². The highest BCUT2D eigenvalue weighted by Crippen LogP contribution is 2.47. The smallest absolute Gasteiger partial charge is 0.379 e. The van der Waals surface area contributed by atoms with Crippen molar-refractivity contribution < 1.29 is 32.6 Å². The van der Waals surface area contributed by atoms with Gasteiger partial charge in [0.25, 0.3) is 0 Å². The van der Waals surface area contributed by atoms with E-state index in [9.17, 15) is 14.9 Å². The molecule has 0 unspecified atom stereocenters. The van der Waals surface area contributed by atoms with Crippen molar-refractivity contribution in [2.24, 2.45) is 5.73 Å². The van der Waals surface area contributed by atoms with Gasteiger partial charge in [0, 0.05) is 24.3 Å². The fraction of sp³-hybridized carbons (Fsp3) is 0.222. The molecule has 0 radical (unpaired) electrons. The quantitative estimate of drug-likeness (QED) is 0.388. The Bertz CT molecular complexity index is 1410. The zero-order valence-electron chi connectivity index (χ0n) is 19.4. The second-order valence-electron chi connectivity index (χ2n) is 8.31. The Morgan fingerprint density at radius 2 is 1.94 bits per heavy atom. The lowest BCUT2D eigenvalue weighted by molar-refractivity contribution is -0.117. The SMILES string of the molecule is CCOc1cc([C@@H]2C(C#N)=C(N)OC3=C2C(=O)C[C@H](c2ccco2)C3)ccc1OC(=O)c1ccco1. The topological polar surface area (TPSA) is 138 Å². The number of ketones is 1. The van der Waals surface area contributed by atoms with Gasteiger partial charge in [-0.1, -0.05) is 6.07 Å². The fourth-order valence-corrected chi connectivity index (χ4v) is 4.57. The zero-order valence-corrected chi connectivity index (χ0v) is 19.4. The number of nitrogens with two attached hydrogens (primary N) is 1. The predicted molar refractivity (Wildman–Crippen MR) is 125 cm³/mol. The number of nitrogens with zero attached hydrogens (tertiary/aromatic N) is 1. The van der Waals surface area contributed by atoms with Crippen molar-refractivity contribution in [3.8, 4) is 17.6 Å². The van der Waals surface area contributed by atoms with Crippen molar-refractivity contribution in [3.63, 3.8) is 0 Å². The van der Waals surface area contributed by atoms with Gasteiger partial charge in [0.1, 0.15) is 23.2 Å². The highest BCUT2D eigenvalue weighted by molar-refractivity contribution is 6.00. The maximum atomic E-state index is 13.4. The number of Topliss-reactive ketones (excluding diaryl/α,β-unsaturated/α-hetero) is 1. The van der Waals surface area contributed by atoms with Crippen molar-refractivity contribution >= 4 is 11.8 Å². The second-order valence-corrected chi connectivity index (χ2v) is 8.31. The Kier molecular flexibility index (Phi) is 6.09. The molecule has 0 amide bonds. The lowest BCUT2D eigenvalue weighted by Crippen LogP contribution is -2.29. The molecule has 0 fully saturated rings. The van der Waals surface area contributed by atoms with Gasteiger partial charge < -0.3 is 28.8 Å². The Morgan fingerprint density at radius 1 is 1.14 bits per heavy atom. The van der Waals surface area contributed by atoms with E-state index in [2.05, 4.69) is 6.07 Å². The third-order valence-corrected chi connectivity index (χ3v) is 6.13. The van der Waals surface area contributed by atoms with Gasteiger partial charge in [0.05, 0.1) is 25.1 Å². The van der Waals surface area contributed by atoms with Crippen LogP contribution in [0.4, 0.5) is 0 Å². The van der Waals surface area contributed by atoms with E-state index in [1.807, 2.05) is 6.07 Å². The number of furan rings is 2. The Labute approximate surface area is 206 Å². The summed E-state index contributed by atoms with van der Waals surface area (Å²) < 4.78 is 27.6. The molecule has 0 bridgehead atoms. The molecule has 1 aliphatic heterocycles. The van der Waals surface area contributed by atoms with Crippen molar-refractivity contribution in [3.05, 3.63) is 94.9 Å². The molecule has 0 spiro atoms. The summed E-state index contributed by atoms with van der Waals surface area (Å²) in [6.07, 6.45) is 3.55. The minimum atomic E-state index is -0.752. The number of carbonyl (C=O) groups is 2. The molecule has 0 saturated carbocycles. The van der Waals surface area contributed by atoms with Crippen LogP contribution in [-0.4, -0.2) is 18.4 Å². The summed E-state index contributed by atoms with van der Waals surface area (Å²) in [6, 6.07) is 13.6. The number of carbonyl (C=O) groups excluding carboxylic acids is 2. The summed E-state index contributed by atoms with van der Waals surface area (Å²) in [6.45, 7) is 2.08. The van der Waals surface area contributed by atoms with E-state index in [0.29, 0.717) is 35.7 Å². The summed E-state index contributed by atoms with van der Waals surface area (Å²) in [4.78, 5) is 25.8. The summed E-state index contributed by atoms with van der Waals surface area (Å²) >= 11 is 0. The normalized spacial score (nSPS) is 19.4. The van der Waals surface area contributed by atoms with Gasteiger partial charge in [-0.3, -0.25) is 4.79 Å². The van der Waals surface area contributed by atoms with E-state index in [4.69, 9.17) is 28.8 Å². The third kappa shape index (κ3) is 4.14. The second kappa shape index (κ2) is 9.50. The number of benzene rings is 1. The molecule has 5 rings (SSSR count). The number of ether oxygens (including phenoxy) is 3. The van der Waals surface area contributed by atoms with Crippen LogP contribution < -0.4 is 15.2 Å². The number of allylic oxidation sites excluding steroid dienone is 3. The van der Waals surface area contributed by atoms with Crippen LogP contribution in [0.1, 0.15) is 53.5 Å². The first kappa shape index (κ1) is 23.1. The molecule has 1 aromatic carbocycles. The van der Waals surface area contributed by atoms with Gasteiger partial charge in [0.2, 0.25) is 11.6 Å². The summed E-state index contributed by atoms with van der Waals surface area (Å²) in [7, 11) is 0. The molecule has 2 N–H and O–H groups in total. The number of nitriles is 1. The molecule has 2 aliphatic rings. The van der Waals surface area contributed by atoms with Gasteiger partial charge in [-0.25, -0.2) is 4.79 Å². The van der Waals surface area contributed by atoms with Gasteiger partial charge in [-0.2, -0.15) is 5.26 Å². The molecular weight excluding hydrogens is 464 g/mol. The molecule has 1 aliphatic carbocycles. The summed E-state index contributed by atoms with van der Waals surface area (Å²) in [5, 5.41) is 9.90. The van der Waals surface area contributed by atoms with Crippen LogP contribution in [0.15, 0.2) is 86.6 Å². The van der Waals surface area contributed by atoms with Gasteiger partial charge in [0.15, 0.2) is 17.3 Å². The first-order valence-electron chi connectivity index (χ1n) is 11.4. The molecule has 182 valence electrons. The first-order chi connectivity index (χ1) is 17.5. The van der Waals surface area contributed by atoms with Gasteiger partial charge in [-0.15, -0.1) is 0 Å². The lowest BCUT2D eigenvalue weighted by atomic mass is 9.74. The maximum Gasteiger partial charge on any atom is 0.379 e. The van der Waals surface area contributed by atoms with Crippen LogP contribution in [0.3, 0.4) is 0 Å². The standard InChI is InChI=1S/C27H22N2O7/c1-2-32-22-12-15(7-8-20(22)36-27(31)21-6-4-10-34-21)24-17(14-28)26(29)35-23-13-16(11-18(30)25(23)24)19-5-3-9-33-19/h3-10,12,16,24H,2,11,13,29H2,1H3/t16-,24+/m0/s1. The van der Waals surface area contributed by atoms with Crippen LogP contribution in [0.25, 0.3) is 0 Å². The minimum absolute atomic E-state index is 0.0436. The van der Waals surface area contributed by atoms with E-state index < -0.39 is 11.9 Å². The summed E-state index contributed by atoms with van der Waals surface area (Å²) in [5.41, 5.74) is 7.22. The number of hydrogen-bond acceptors (Lipinski definition) is 9. The van der Waals surface area contributed by atoms with Crippen molar-refractivity contribution in [1.82, 2.24) is 0 Å². The van der Waals surface area contributed by atoms with Gasteiger partial charge in [-0.05, 0) is 48.9 Å². The molecule has 3 aromatic rings. The molecule has 0 saturated heterocycles. The van der Waals surface area contributed by atoms with Crippen LogP contribution in [0.2, 0.25) is 0 Å². The Morgan fingerprint density at radius 3 is 2.64 bits per heavy atom. The summed E-state index contributed by atoms with van der Waals surface area (Å²) in [5.74, 6) is -0.244. The molecular formula is C27H22N2O7. The average molecular weight is 486 g/mol. The number of esters is 1. The first-order valence-corrected chi connectivity index (χ1v) is 11.4. The van der Waals surface area contributed by atoms with Crippen LogP contribution in [0, 0.1) is 11.3 Å². The number of hydrogen-bond donors (Lipinski definition) is 1. The van der Waals surface area contributed by atoms with Crippen molar-refractivity contribution in [2.45, 2.75) is 31.6 Å². The average Bonchev–Trinajstić information content (AvgIpc) is 3.59. The monoisotopic (exact) mass is 486 g/mol. The fourth-order valence-electron chi connectivity index (χ4n) is 4.57. The van der Waals surface area contributed by atoms with Crippen molar-refractivity contribution in [2.75, 3.05) is 6.61 Å². The van der Waals surface area contributed by atoms with E-state index in [0.717, 1.165) is 0 Å². The van der Waals surface area contributed by atoms with E-state index in [-0.39, 0.29) is 46.8 Å². The largest absolute Gasteiger partial charge is 0.490 e. The van der Waals surface area contributed by atoms with Crippen molar-refractivity contribution in [1.29, 1.82) is 5.26 Å². The van der Waals surface area contributed by atoms with Crippen LogP contribution in [0.5, 0.6) is 11.5 Å². The highest BCUT2D eigenvalue weighted by atomic mass is 16.6. The Balaban J connectivity index is 1.53. The Hall–Kier alpha value is -4.71. The zero-order chi connectivity index (χ0) is 25.2. The van der Waals surface area contributed by atoms with Gasteiger partial charge >= 0.3 is 5.97 Å². The number of rotatable bonds is 6. The molecule has 2 aromatic heterocycles. The molecule has 2 atom stereocenters. The molecule has 9 heteroatoms. The highest BCUT2D eigenvalue weighted by Gasteiger charge is 2.41. The van der Waals surface area contributed by atoms with E-state index in [1.54, 1.807) is 43.5 Å². The maximum absolute atomic E-state index is 13.4. The molecule has 36 heavy (non-hydrogen) atoms. The minimum Gasteiger partial charge on any atom is -0.490 e. The van der Waals surface area contributed by atoms with Crippen LogP contribution >= 0.6 is 0 Å². The third-order valence-electron chi connectivity index (χ3n) is 6.13. The molecule has 9 nitrogen and oxygen atoms in total. The van der Waals surface area contributed by atoms with Crippen LogP contribution in [-0.2, 0) is 9.53 Å². The lowest BCUT2D eigenvalue weighted by Gasteiger charge is -2.33.